The molecule has 1 aromatic carbocycles. The minimum Gasteiger partial charge on any atom is -0.395 e. The standard InChI is InChI=1S/C24H18B2F4N6/c27-25(28)33-12-2-8-19(33)23(20-9-3-13-34(20)25)31-17-6-1-7-18(16-17)32-24-21-10-4-14-35(21)26(29,30)36-15-5-11-22(24)36/h1-16,31-32H. The molecule has 0 saturated carbocycles. The number of halogens is 4. The highest BCUT2D eigenvalue weighted by molar-refractivity contribution is 6.58. The van der Waals surface area contributed by atoms with E-state index in [-0.39, 0.29) is 0 Å². The van der Waals surface area contributed by atoms with Gasteiger partial charge in [0.1, 0.15) is 23.8 Å². The van der Waals surface area contributed by atoms with Crippen LogP contribution >= 0.6 is 0 Å². The Kier molecular flexibility index (Phi) is 4.08. The van der Waals surface area contributed by atoms with Gasteiger partial charge in [-0.15, -0.1) is 0 Å². The zero-order valence-corrected chi connectivity index (χ0v) is 18.7. The van der Waals surface area contributed by atoms with Crippen molar-refractivity contribution in [1.29, 1.82) is 0 Å². The molecule has 0 bridgehead atoms. The molecule has 4 aliphatic heterocycles. The van der Waals surface area contributed by atoms with Crippen molar-refractivity contribution in [1.82, 2.24) is 8.96 Å². The van der Waals surface area contributed by atoms with Crippen LogP contribution in [0, 0.1) is 0 Å². The molecule has 0 aliphatic carbocycles. The van der Waals surface area contributed by atoms with Crippen molar-refractivity contribution < 1.29 is 26.2 Å². The number of hydrogen-bond acceptors (Lipinski definition) is 2. The van der Waals surface area contributed by atoms with Crippen molar-refractivity contribution in [3.05, 3.63) is 108 Å². The molecule has 2 N–H and O–H groups in total. The van der Waals surface area contributed by atoms with E-state index in [0.717, 1.165) is 17.9 Å². The maximum absolute atomic E-state index is 15.0. The third kappa shape index (κ3) is 2.75. The summed E-state index contributed by atoms with van der Waals surface area (Å²) < 4.78 is 64.0. The lowest BCUT2D eigenvalue weighted by Crippen LogP contribution is -2.49. The summed E-state index contributed by atoms with van der Waals surface area (Å²) in [5, 5.41) is 6.59. The lowest BCUT2D eigenvalue weighted by Gasteiger charge is -2.31. The zero-order chi connectivity index (χ0) is 24.7. The molecule has 6 nitrogen and oxygen atoms in total. The average Bonchev–Trinajstić information content (AvgIpc) is 3.66. The van der Waals surface area contributed by atoms with Gasteiger partial charge in [0, 0.05) is 47.1 Å². The van der Waals surface area contributed by atoms with Crippen LogP contribution in [0.3, 0.4) is 0 Å². The number of fused-ring (bicyclic) bond motifs is 4. The summed E-state index contributed by atoms with van der Waals surface area (Å²) in [7, 11) is 0. The molecule has 178 valence electrons. The monoisotopic (exact) mass is 488 g/mol. The fourth-order valence-corrected chi connectivity index (χ4v) is 5.26. The molecule has 0 radical (unpaired) electrons. The molecule has 7 rings (SSSR count). The first kappa shape index (κ1) is 20.9. The molecule has 0 fully saturated rings. The number of benzene rings is 1. The molecule has 0 spiro atoms. The van der Waals surface area contributed by atoms with Crippen LogP contribution in [0.2, 0.25) is 0 Å². The van der Waals surface area contributed by atoms with E-state index in [4.69, 9.17) is 0 Å². The van der Waals surface area contributed by atoms with E-state index in [0.29, 0.717) is 45.6 Å². The van der Waals surface area contributed by atoms with Crippen LogP contribution in [0.4, 0.5) is 28.6 Å². The first-order chi connectivity index (χ1) is 17.4. The molecule has 2 aromatic heterocycles. The molecule has 36 heavy (non-hydrogen) atoms. The largest absolute Gasteiger partial charge is 0.737 e. The second-order valence-corrected chi connectivity index (χ2v) is 8.96. The van der Waals surface area contributed by atoms with Gasteiger partial charge in [-0.2, -0.15) is 0 Å². The van der Waals surface area contributed by atoms with Gasteiger partial charge in [-0.25, -0.2) is 0 Å². The molecular formula is C24H18B2F4N6. The fourth-order valence-electron chi connectivity index (χ4n) is 5.26. The van der Waals surface area contributed by atoms with Gasteiger partial charge in [0.25, 0.3) is 0 Å². The summed E-state index contributed by atoms with van der Waals surface area (Å²) in [6, 6.07) is 13.8. The zero-order valence-electron chi connectivity index (χ0n) is 18.7. The van der Waals surface area contributed by atoms with Crippen LogP contribution in [-0.4, -0.2) is 44.3 Å². The molecule has 6 heterocycles. The van der Waals surface area contributed by atoms with Crippen molar-refractivity contribution in [2.45, 2.75) is 0 Å². The van der Waals surface area contributed by atoms with Gasteiger partial charge in [0.15, 0.2) is 11.4 Å². The van der Waals surface area contributed by atoms with E-state index in [1.165, 1.54) is 24.8 Å². The van der Waals surface area contributed by atoms with Crippen molar-refractivity contribution >= 4 is 49.1 Å². The molecule has 0 saturated heterocycles. The Morgan fingerprint density at radius 2 is 1.11 bits per heavy atom. The summed E-state index contributed by atoms with van der Waals surface area (Å²) in [6.07, 6.45) is 12.0. The van der Waals surface area contributed by atoms with E-state index in [9.17, 15) is 0 Å². The normalized spacial score (nSPS) is 20.0. The maximum atomic E-state index is 15.0. The SMILES string of the molecule is F[B-]1(F)n2cccc2C(Nc2cccc(NC3=C4C=CC=[N+]4[B-](F)(F)n4cccc43)c2)=C2C=CC=[N+]21. The average molecular weight is 488 g/mol. The van der Waals surface area contributed by atoms with E-state index < -0.39 is 13.9 Å². The van der Waals surface area contributed by atoms with Gasteiger partial charge < -0.3 is 45.8 Å². The lowest BCUT2D eigenvalue weighted by molar-refractivity contribution is -0.357. The Labute approximate surface area is 203 Å². The van der Waals surface area contributed by atoms with Crippen molar-refractivity contribution in [3.8, 4) is 0 Å². The number of hydrogen-bond donors (Lipinski definition) is 2. The summed E-state index contributed by atoms with van der Waals surface area (Å²) in [5.41, 5.74) is 3.93. The molecule has 0 amide bonds. The highest BCUT2D eigenvalue weighted by atomic mass is 19.3. The van der Waals surface area contributed by atoms with E-state index in [1.807, 2.05) is 24.3 Å². The predicted molar refractivity (Wildman–Crippen MR) is 134 cm³/mol. The summed E-state index contributed by atoms with van der Waals surface area (Å²) in [5.74, 6) is 0. The smallest absolute Gasteiger partial charge is 0.395 e. The Balaban J connectivity index is 1.26. The quantitative estimate of drug-likeness (QED) is 0.416. The second kappa shape index (κ2) is 7.03. The third-order valence-corrected chi connectivity index (χ3v) is 6.88. The topological polar surface area (TPSA) is 39.9 Å². The van der Waals surface area contributed by atoms with Gasteiger partial charge in [-0.1, -0.05) is 6.07 Å². The van der Waals surface area contributed by atoms with Crippen LogP contribution in [0.1, 0.15) is 11.4 Å². The Bertz CT molecular complexity index is 1540. The predicted octanol–water partition coefficient (Wildman–Crippen LogP) is 4.63. The van der Waals surface area contributed by atoms with Gasteiger partial charge in [-0.05, 0) is 54.9 Å². The Hall–Kier alpha value is -4.47. The number of rotatable bonds is 4. The number of allylic oxidation sites excluding steroid dienone is 4. The first-order valence-electron chi connectivity index (χ1n) is 11.5. The molecule has 12 heteroatoms. The van der Waals surface area contributed by atoms with Crippen LogP contribution in [0.5, 0.6) is 0 Å². The van der Waals surface area contributed by atoms with Crippen molar-refractivity contribution in [3.63, 3.8) is 0 Å². The van der Waals surface area contributed by atoms with E-state index in [1.54, 1.807) is 48.6 Å². The summed E-state index contributed by atoms with van der Waals surface area (Å²) in [6.45, 7) is -7.96. The van der Waals surface area contributed by atoms with E-state index >= 15 is 17.3 Å². The molecule has 0 unspecified atom stereocenters. The minimum absolute atomic E-state index is 0.381. The van der Waals surface area contributed by atoms with Gasteiger partial charge >= 0.3 is 13.9 Å². The number of nitrogens with one attached hydrogen (secondary N) is 2. The molecule has 3 aromatic rings. The summed E-state index contributed by atoms with van der Waals surface area (Å²) >= 11 is 0. The van der Waals surface area contributed by atoms with Gasteiger partial charge in [-0.3, -0.25) is 0 Å². The second-order valence-electron chi connectivity index (χ2n) is 8.96. The van der Waals surface area contributed by atoms with Crippen LogP contribution in [0.15, 0.2) is 96.6 Å². The molecule has 4 aliphatic rings. The number of anilines is 2. The number of aromatic nitrogens is 2. The Morgan fingerprint density at radius 1 is 0.639 bits per heavy atom. The highest BCUT2D eigenvalue weighted by Crippen LogP contribution is 2.37. The van der Waals surface area contributed by atoms with E-state index in [2.05, 4.69) is 10.6 Å². The van der Waals surface area contributed by atoms with Crippen LogP contribution in [0.25, 0.3) is 11.4 Å². The van der Waals surface area contributed by atoms with Gasteiger partial charge in [0.05, 0.1) is 0 Å². The number of nitrogens with zero attached hydrogens (tertiary/aromatic N) is 4. The summed E-state index contributed by atoms with van der Waals surface area (Å²) in [4.78, 5) is 0. The minimum atomic E-state index is -3.98. The fraction of sp³-hybridized carbons (Fsp3) is 0. The van der Waals surface area contributed by atoms with Crippen molar-refractivity contribution in [2.24, 2.45) is 0 Å². The Morgan fingerprint density at radius 3 is 1.58 bits per heavy atom. The van der Waals surface area contributed by atoms with Crippen LogP contribution < -0.4 is 10.6 Å². The lowest BCUT2D eigenvalue weighted by atomic mass is 9.90. The third-order valence-electron chi connectivity index (χ3n) is 6.88. The molecule has 0 atom stereocenters. The van der Waals surface area contributed by atoms with Gasteiger partial charge in [0.2, 0.25) is 0 Å². The van der Waals surface area contributed by atoms with Crippen molar-refractivity contribution in [2.75, 3.05) is 10.6 Å². The van der Waals surface area contributed by atoms with Crippen LogP contribution in [-0.2, 0) is 0 Å². The molecular weight excluding hydrogens is 470 g/mol. The maximum Gasteiger partial charge on any atom is 0.737 e. The highest BCUT2D eigenvalue weighted by Gasteiger charge is 2.52. The first-order valence-corrected chi connectivity index (χ1v) is 11.5.